The van der Waals surface area contributed by atoms with E-state index in [0.29, 0.717) is 0 Å². The Balaban J connectivity index is 2.74. The van der Waals surface area contributed by atoms with Crippen LogP contribution in [0.4, 0.5) is 10.1 Å². The van der Waals surface area contributed by atoms with E-state index in [-0.39, 0.29) is 17.3 Å². The van der Waals surface area contributed by atoms with Crippen molar-refractivity contribution in [3.8, 4) is 0 Å². The average molecular weight is 268 g/mol. The summed E-state index contributed by atoms with van der Waals surface area (Å²) in [5, 5.41) is 2.59. The zero-order valence-electron chi connectivity index (χ0n) is 11.1. The van der Waals surface area contributed by atoms with E-state index in [2.05, 4.69) is 5.32 Å². The minimum atomic E-state index is -1.00. The van der Waals surface area contributed by atoms with E-state index in [0.717, 1.165) is 6.07 Å². The van der Waals surface area contributed by atoms with Crippen LogP contribution in [0.25, 0.3) is 0 Å². The van der Waals surface area contributed by atoms with Crippen molar-refractivity contribution < 1.29 is 18.7 Å². The first-order valence-electron chi connectivity index (χ1n) is 5.87. The summed E-state index contributed by atoms with van der Waals surface area (Å²) in [4.78, 5) is 23.3. The van der Waals surface area contributed by atoms with Crippen LogP contribution in [0.15, 0.2) is 18.2 Å². The molecule has 1 amide bonds. The molecule has 0 spiro atoms. The number of benzene rings is 1. The van der Waals surface area contributed by atoms with Gasteiger partial charge in [0.25, 0.3) is 5.91 Å². The van der Waals surface area contributed by atoms with E-state index in [4.69, 9.17) is 10.5 Å². The van der Waals surface area contributed by atoms with E-state index in [1.54, 1.807) is 13.8 Å². The van der Waals surface area contributed by atoms with Gasteiger partial charge in [-0.2, -0.15) is 0 Å². The number of ether oxygens (including phenoxy) is 1. The highest BCUT2D eigenvalue weighted by Gasteiger charge is 2.21. The van der Waals surface area contributed by atoms with Gasteiger partial charge in [0.15, 0.2) is 6.10 Å². The molecule has 1 aromatic carbocycles. The van der Waals surface area contributed by atoms with E-state index in [9.17, 15) is 14.0 Å². The van der Waals surface area contributed by atoms with Crippen LogP contribution >= 0.6 is 0 Å². The van der Waals surface area contributed by atoms with Gasteiger partial charge in [-0.05, 0) is 39.0 Å². The van der Waals surface area contributed by atoms with Gasteiger partial charge in [-0.25, -0.2) is 9.18 Å². The second kappa shape index (κ2) is 6.17. The molecular formula is C13H17FN2O3. The SMILES string of the molecule is CC(C)NC(=O)C(C)OC(=O)c1cc(N)ccc1F. The Morgan fingerprint density at radius 3 is 2.53 bits per heavy atom. The summed E-state index contributed by atoms with van der Waals surface area (Å²) in [5.74, 6) is -2.10. The van der Waals surface area contributed by atoms with E-state index < -0.39 is 23.8 Å². The fourth-order valence-electron chi connectivity index (χ4n) is 1.38. The fraction of sp³-hybridized carbons (Fsp3) is 0.385. The third-order valence-electron chi connectivity index (χ3n) is 2.29. The molecule has 0 aromatic heterocycles. The van der Waals surface area contributed by atoms with Crippen molar-refractivity contribution in [3.05, 3.63) is 29.6 Å². The lowest BCUT2D eigenvalue weighted by Crippen LogP contribution is -2.39. The number of anilines is 1. The lowest BCUT2D eigenvalue weighted by Gasteiger charge is -2.15. The van der Waals surface area contributed by atoms with E-state index >= 15 is 0 Å². The molecule has 1 unspecified atom stereocenters. The summed E-state index contributed by atoms with van der Waals surface area (Å²) in [6.45, 7) is 4.98. The Morgan fingerprint density at radius 1 is 1.32 bits per heavy atom. The highest BCUT2D eigenvalue weighted by molar-refractivity contribution is 5.93. The van der Waals surface area contributed by atoms with Gasteiger partial charge >= 0.3 is 5.97 Å². The van der Waals surface area contributed by atoms with Crippen molar-refractivity contribution in [2.75, 3.05) is 5.73 Å². The molecule has 5 nitrogen and oxygen atoms in total. The normalized spacial score (nSPS) is 12.1. The van der Waals surface area contributed by atoms with Gasteiger partial charge in [-0.3, -0.25) is 4.79 Å². The third kappa shape index (κ3) is 4.24. The molecule has 6 heteroatoms. The summed E-state index contributed by atoms with van der Waals surface area (Å²) in [5.41, 5.74) is 5.42. The summed E-state index contributed by atoms with van der Waals surface area (Å²) >= 11 is 0. The molecule has 1 rings (SSSR count). The second-order valence-electron chi connectivity index (χ2n) is 4.45. The highest BCUT2D eigenvalue weighted by atomic mass is 19.1. The summed E-state index contributed by atoms with van der Waals surface area (Å²) < 4.78 is 18.3. The van der Waals surface area contributed by atoms with Crippen molar-refractivity contribution in [1.82, 2.24) is 5.32 Å². The molecule has 1 aromatic rings. The third-order valence-corrected chi connectivity index (χ3v) is 2.29. The van der Waals surface area contributed by atoms with Crippen LogP contribution in [0.1, 0.15) is 31.1 Å². The van der Waals surface area contributed by atoms with Gasteiger partial charge in [0.1, 0.15) is 5.82 Å². The second-order valence-corrected chi connectivity index (χ2v) is 4.45. The van der Waals surface area contributed by atoms with Crippen molar-refractivity contribution in [1.29, 1.82) is 0 Å². The number of carbonyl (C=O) groups excluding carboxylic acids is 2. The molecule has 0 aliphatic rings. The zero-order valence-corrected chi connectivity index (χ0v) is 11.1. The van der Waals surface area contributed by atoms with Crippen molar-refractivity contribution in [2.45, 2.75) is 32.9 Å². The smallest absolute Gasteiger partial charge is 0.341 e. The predicted molar refractivity (Wildman–Crippen MR) is 69.0 cm³/mol. The number of halogens is 1. The first-order chi connectivity index (χ1) is 8.81. The summed E-state index contributed by atoms with van der Waals surface area (Å²) in [6, 6.07) is 3.51. The maximum absolute atomic E-state index is 13.4. The molecular weight excluding hydrogens is 251 g/mol. The number of carbonyl (C=O) groups is 2. The molecule has 0 aliphatic carbocycles. The predicted octanol–water partition coefficient (Wildman–Crippen LogP) is 1.48. The molecule has 1 atom stereocenters. The molecule has 104 valence electrons. The molecule has 0 heterocycles. The van der Waals surface area contributed by atoms with Crippen LogP contribution < -0.4 is 11.1 Å². The number of esters is 1. The van der Waals surface area contributed by atoms with E-state index in [1.807, 2.05) is 0 Å². The largest absolute Gasteiger partial charge is 0.449 e. The number of hydrogen-bond acceptors (Lipinski definition) is 4. The Bertz CT molecular complexity index is 489. The zero-order chi connectivity index (χ0) is 14.6. The molecule has 19 heavy (non-hydrogen) atoms. The van der Waals surface area contributed by atoms with Crippen LogP contribution in [-0.2, 0) is 9.53 Å². The molecule has 0 saturated heterocycles. The standard InChI is InChI=1S/C13H17FN2O3/c1-7(2)16-12(17)8(3)19-13(18)10-6-9(15)4-5-11(10)14/h4-8H,15H2,1-3H3,(H,16,17). The number of nitrogens with two attached hydrogens (primary N) is 1. The van der Waals surface area contributed by atoms with Crippen LogP contribution in [-0.4, -0.2) is 24.0 Å². The molecule has 0 saturated carbocycles. The molecule has 3 N–H and O–H groups in total. The van der Waals surface area contributed by atoms with Gasteiger partial charge < -0.3 is 15.8 Å². The molecule has 0 fully saturated rings. The Kier molecular flexibility index (Phi) is 4.86. The van der Waals surface area contributed by atoms with Crippen LogP contribution in [0.3, 0.4) is 0 Å². The summed E-state index contributed by atoms with van der Waals surface area (Å²) in [7, 11) is 0. The first-order valence-corrected chi connectivity index (χ1v) is 5.87. The van der Waals surface area contributed by atoms with Crippen molar-refractivity contribution in [2.24, 2.45) is 0 Å². The van der Waals surface area contributed by atoms with Gasteiger partial charge in [-0.15, -0.1) is 0 Å². The van der Waals surface area contributed by atoms with Gasteiger partial charge in [-0.1, -0.05) is 0 Å². The fourth-order valence-corrected chi connectivity index (χ4v) is 1.38. The number of nitrogens with one attached hydrogen (secondary N) is 1. The molecule has 0 bridgehead atoms. The Morgan fingerprint density at radius 2 is 1.95 bits per heavy atom. The average Bonchev–Trinajstić information content (AvgIpc) is 2.31. The lowest BCUT2D eigenvalue weighted by atomic mass is 10.2. The van der Waals surface area contributed by atoms with Crippen LogP contribution in [0, 0.1) is 5.82 Å². The minimum absolute atomic E-state index is 0.0715. The van der Waals surface area contributed by atoms with Gasteiger partial charge in [0, 0.05) is 11.7 Å². The lowest BCUT2D eigenvalue weighted by molar-refractivity contribution is -0.129. The summed E-state index contributed by atoms with van der Waals surface area (Å²) in [6.07, 6.45) is -1.00. The minimum Gasteiger partial charge on any atom is -0.449 e. The number of rotatable bonds is 4. The molecule has 0 radical (unpaired) electrons. The maximum atomic E-state index is 13.4. The van der Waals surface area contributed by atoms with Crippen LogP contribution in [0.2, 0.25) is 0 Å². The van der Waals surface area contributed by atoms with E-state index in [1.165, 1.54) is 19.1 Å². The maximum Gasteiger partial charge on any atom is 0.341 e. The Labute approximate surface area is 110 Å². The van der Waals surface area contributed by atoms with Crippen molar-refractivity contribution in [3.63, 3.8) is 0 Å². The van der Waals surface area contributed by atoms with Crippen molar-refractivity contribution >= 4 is 17.6 Å². The van der Waals surface area contributed by atoms with Gasteiger partial charge in [0.2, 0.25) is 0 Å². The topological polar surface area (TPSA) is 81.4 Å². The number of nitrogen functional groups attached to an aromatic ring is 1. The highest BCUT2D eigenvalue weighted by Crippen LogP contribution is 2.14. The first kappa shape index (κ1) is 14.9. The number of amides is 1. The molecule has 0 aliphatic heterocycles. The monoisotopic (exact) mass is 268 g/mol. The van der Waals surface area contributed by atoms with Crippen LogP contribution in [0.5, 0.6) is 0 Å². The van der Waals surface area contributed by atoms with Gasteiger partial charge in [0.05, 0.1) is 5.56 Å². The quantitative estimate of drug-likeness (QED) is 0.640. The Hall–Kier alpha value is -2.11. The number of hydrogen-bond donors (Lipinski definition) is 2.